The number of hydrogen-bond acceptors (Lipinski definition) is 2. The van der Waals surface area contributed by atoms with Gasteiger partial charge in [0.1, 0.15) is 4.83 Å². The number of thiophene rings is 1. The van der Waals surface area contributed by atoms with Crippen LogP contribution in [0.1, 0.15) is 5.56 Å². The Hall–Kier alpha value is -4.48. The third kappa shape index (κ3) is 4.25. The van der Waals surface area contributed by atoms with Gasteiger partial charge in [0.05, 0.1) is 5.56 Å². The first-order chi connectivity index (χ1) is 18.9. The van der Waals surface area contributed by atoms with Crippen molar-refractivity contribution in [2.24, 2.45) is 0 Å². The molecule has 0 aliphatic rings. The number of nitrogens with zero attached hydrogens (tertiary/aromatic N) is 1. The van der Waals surface area contributed by atoms with E-state index in [0.717, 1.165) is 55.6 Å². The fourth-order valence-corrected chi connectivity index (χ4v) is 6.34. The van der Waals surface area contributed by atoms with Crippen LogP contribution < -0.4 is 0 Å². The Labute approximate surface area is 226 Å². The molecule has 0 aliphatic heterocycles. The number of rotatable bonds is 3. The lowest BCUT2D eigenvalue weighted by Gasteiger charge is -2.10. The molecule has 0 atom stereocenters. The highest BCUT2D eigenvalue weighted by Crippen LogP contribution is 2.39. The monoisotopic (exact) mass is 531 g/mol. The minimum Gasteiger partial charge on any atom is -0.245 e. The lowest BCUT2D eigenvalue weighted by molar-refractivity contribution is -0.137. The van der Waals surface area contributed by atoms with Gasteiger partial charge >= 0.3 is 6.18 Å². The van der Waals surface area contributed by atoms with Gasteiger partial charge in [-0.3, -0.25) is 0 Å². The van der Waals surface area contributed by atoms with Crippen LogP contribution in [0.15, 0.2) is 121 Å². The molecular weight excluding hydrogens is 511 g/mol. The van der Waals surface area contributed by atoms with Gasteiger partial charge in [-0.25, -0.2) is 4.98 Å². The minimum absolute atomic E-state index is 0.639. The van der Waals surface area contributed by atoms with Gasteiger partial charge in [0.2, 0.25) is 0 Å². The predicted molar refractivity (Wildman–Crippen MR) is 156 cm³/mol. The van der Waals surface area contributed by atoms with Crippen molar-refractivity contribution in [2.75, 3.05) is 0 Å². The highest BCUT2D eigenvalue weighted by atomic mass is 32.1. The van der Waals surface area contributed by atoms with Crippen LogP contribution in [0.25, 0.3) is 64.5 Å². The number of aromatic nitrogens is 1. The topological polar surface area (TPSA) is 12.9 Å². The third-order valence-corrected chi connectivity index (χ3v) is 8.35. The number of benzene rings is 5. The number of alkyl halides is 3. The first-order valence-electron chi connectivity index (χ1n) is 12.5. The van der Waals surface area contributed by atoms with Crippen molar-refractivity contribution in [1.29, 1.82) is 0 Å². The molecule has 0 fully saturated rings. The van der Waals surface area contributed by atoms with Crippen molar-refractivity contribution in [1.82, 2.24) is 4.98 Å². The van der Waals surface area contributed by atoms with Crippen molar-refractivity contribution in [3.05, 3.63) is 127 Å². The summed E-state index contributed by atoms with van der Waals surface area (Å²) >= 11 is 1.73. The van der Waals surface area contributed by atoms with E-state index >= 15 is 0 Å². The standard InChI is InChI=1S/C34H20F3NS/c35-34(36,37)28-16-14-22(15-17-28)25-11-13-26-19-24(10-12-27(26)20-25)21-6-8-23(9-7-21)29-3-1-4-30-31-5-2-18-38-33(31)39-32(29)30/h1-20H. The van der Waals surface area contributed by atoms with Crippen molar-refractivity contribution in [3.63, 3.8) is 0 Å². The summed E-state index contributed by atoms with van der Waals surface area (Å²) < 4.78 is 40.0. The molecule has 1 nitrogen and oxygen atoms in total. The van der Waals surface area contributed by atoms with E-state index in [0.29, 0.717) is 0 Å². The van der Waals surface area contributed by atoms with Gasteiger partial charge in [0, 0.05) is 21.7 Å². The molecule has 5 heteroatoms. The third-order valence-electron chi connectivity index (χ3n) is 7.19. The Bertz CT molecular complexity index is 1990. The molecule has 7 rings (SSSR count). The molecule has 2 heterocycles. The quantitative estimate of drug-likeness (QED) is 0.221. The summed E-state index contributed by atoms with van der Waals surface area (Å²) in [6, 6.07) is 36.8. The second kappa shape index (κ2) is 9.07. The lowest BCUT2D eigenvalue weighted by atomic mass is 9.96. The first kappa shape index (κ1) is 23.6. The first-order valence-corrected chi connectivity index (χ1v) is 13.3. The normalized spacial score (nSPS) is 12.0. The van der Waals surface area contributed by atoms with E-state index in [-0.39, 0.29) is 0 Å². The fraction of sp³-hybridized carbons (Fsp3) is 0.0294. The molecule has 188 valence electrons. The van der Waals surface area contributed by atoms with E-state index in [1.807, 2.05) is 30.5 Å². The highest BCUT2D eigenvalue weighted by Gasteiger charge is 2.30. The predicted octanol–water partition coefficient (Wildman–Crippen LogP) is 10.6. The number of halogens is 3. The molecule has 0 unspecified atom stereocenters. The van der Waals surface area contributed by atoms with Gasteiger partial charge in [-0.1, -0.05) is 78.9 Å². The van der Waals surface area contributed by atoms with E-state index < -0.39 is 11.7 Å². The van der Waals surface area contributed by atoms with Crippen LogP contribution in [0.2, 0.25) is 0 Å². The molecule has 2 aromatic heterocycles. The van der Waals surface area contributed by atoms with Crippen LogP contribution in [-0.2, 0) is 6.18 Å². The largest absolute Gasteiger partial charge is 0.416 e. The van der Waals surface area contributed by atoms with Crippen LogP contribution in [0.3, 0.4) is 0 Å². The van der Waals surface area contributed by atoms with Gasteiger partial charge in [-0.05, 0) is 80.6 Å². The van der Waals surface area contributed by atoms with Crippen molar-refractivity contribution in [2.45, 2.75) is 6.18 Å². The molecule has 0 N–H and O–H groups in total. The van der Waals surface area contributed by atoms with Crippen LogP contribution in [0.4, 0.5) is 13.2 Å². The van der Waals surface area contributed by atoms with E-state index in [2.05, 4.69) is 71.7 Å². The minimum atomic E-state index is -4.33. The van der Waals surface area contributed by atoms with Gasteiger partial charge < -0.3 is 0 Å². The molecule has 0 amide bonds. The van der Waals surface area contributed by atoms with E-state index in [1.165, 1.54) is 33.2 Å². The summed E-state index contributed by atoms with van der Waals surface area (Å²) in [6.45, 7) is 0. The van der Waals surface area contributed by atoms with Crippen molar-refractivity contribution in [3.8, 4) is 33.4 Å². The average molecular weight is 532 g/mol. The summed E-state index contributed by atoms with van der Waals surface area (Å²) in [6.07, 6.45) is -2.49. The fourth-order valence-electron chi connectivity index (χ4n) is 5.16. The number of fused-ring (bicyclic) bond motifs is 4. The second-order valence-electron chi connectivity index (χ2n) is 9.57. The maximum absolute atomic E-state index is 12.9. The Morgan fingerprint density at radius 3 is 1.74 bits per heavy atom. The Balaban J connectivity index is 1.19. The summed E-state index contributed by atoms with van der Waals surface area (Å²) in [5.74, 6) is 0. The van der Waals surface area contributed by atoms with Crippen LogP contribution in [-0.4, -0.2) is 4.98 Å². The Kier molecular flexibility index (Phi) is 5.49. The van der Waals surface area contributed by atoms with Gasteiger partial charge in [0.15, 0.2) is 0 Å². The molecular formula is C34H20F3NS. The average Bonchev–Trinajstić information content (AvgIpc) is 3.35. The summed E-state index contributed by atoms with van der Waals surface area (Å²) in [5, 5.41) is 4.54. The van der Waals surface area contributed by atoms with E-state index in [9.17, 15) is 13.2 Å². The zero-order valence-electron chi connectivity index (χ0n) is 20.5. The summed E-state index contributed by atoms with van der Waals surface area (Å²) in [5.41, 5.74) is 5.61. The lowest BCUT2D eigenvalue weighted by Crippen LogP contribution is -2.03. The molecule has 0 bridgehead atoms. The maximum atomic E-state index is 12.9. The smallest absolute Gasteiger partial charge is 0.245 e. The molecule has 5 aromatic carbocycles. The maximum Gasteiger partial charge on any atom is 0.416 e. The van der Waals surface area contributed by atoms with Crippen LogP contribution in [0, 0.1) is 0 Å². The van der Waals surface area contributed by atoms with Crippen molar-refractivity contribution >= 4 is 42.4 Å². The Morgan fingerprint density at radius 1 is 0.538 bits per heavy atom. The second-order valence-corrected chi connectivity index (χ2v) is 10.6. The van der Waals surface area contributed by atoms with Crippen molar-refractivity contribution < 1.29 is 13.2 Å². The van der Waals surface area contributed by atoms with Crippen LogP contribution >= 0.6 is 11.3 Å². The molecule has 0 saturated carbocycles. The van der Waals surface area contributed by atoms with E-state index in [4.69, 9.17) is 0 Å². The molecule has 0 aliphatic carbocycles. The Morgan fingerprint density at radius 2 is 1.10 bits per heavy atom. The molecule has 0 radical (unpaired) electrons. The zero-order valence-corrected chi connectivity index (χ0v) is 21.4. The van der Waals surface area contributed by atoms with Gasteiger partial charge in [0.25, 0.3) is 0 Å². The number of hydrogen-bond donors (Lipinski definition) is 0. The molecule has 0 saturated heterocycles. The number of pyridine rings is 1. The highest BCUT2D eigenvalue weighted by molar-refractivity contribution is 7.26. The molecule has 0 spiro atoms. The zero-order chi connectivity index (χ0) is 26.6. The molecule has 39 heavy (non-hydrogen) atoms. The summed E-state index contributed by atoms with van der Waals surface area (Å²) in [7, 11) is 0. The molecule has 7 aromatic rings. The van der Waals surface area contributed by atoms with Gasteiger partial charge in [-0.15, -0.1) is 11.3 Å². The SMILES string of the molecule is FC(F)(F)c1ccc(-c2ccc3cc(-c4ccc(-c5cccc6c5sc5ncccc56)cc4)ccc3c2)cc1. The van der Waals surface area contributed by atoms with Gasteiger partial charge in [-0.2, -0.15) is 13.2 Å². The van der Waals surface area contributed by atoms with Crippen LogP contribution in [0.5, 0.6) is 0 Å². The summed E-state index contributed by atoms with van der Waals surface area (Å²) in [4.78, 5) is 5.59. The van der Waals surface area contributed by atoms with E-state index in [1.54, 1.807) is 11.3 Å².